The van der Waals surface area contributed by atoms with Gasteiger partial charge in [-0.25, -0.2) is 0 Å². The molecule has 0 saturated heterocycles. The van der Waals surface area contributed by atoms with Crippen LogP contribution in [0.25, 0.3) is 10.9 Å². The first kappa shape index (κ1) is 10.8. The van der Waals surface area contributed by atoms with Crippen LogP contribution in [0.1, 0.15) is 0 Å². The normalized spacial score (nSPS) is 10.6. The van der Waals surface area contributed by atoms with Gasteiger partial charge in [0.2, 0.25) is 0 Å². The molecule has 3 rings (SSSR count). The average Bonchev–Trinajstić information content (AvgIpc) is 2.40. The number of aromatic nitrogens is 1. The van der Waals surface area contributed by atoms with Crippen LogP contribution in [-0.2, 0) is 0 Å². The molecule has 82 valence electrons. The fourth-order valence-electron chi connectivity index (χ4n) is 1.77. The van der Waals surface area contributed by atoms with Crippen molar-refractivity contribution >= 4 is 39.0 Å². The second kappa shape index (κ2) is 4.87. The first-order valence-electron chi connectivity index (χ1n) is 5.50. The topological polar surface area (TPSA) is 12.9 Å². The Morgan fingerprint density at radius 1 is 0.765 bits per heavy atom. The Labute approximate surface area is 111 Å². The van der Waals surface area contributed by atoms with Crippen LogP contribution in [0.3, 0.4) is 0 Å². The van der Waals surface area contributed by atoms with E-state index in [0.29, 0.717) is 0 Å². The molecular formula is C15H11NTe. The van der Waals surface area contributed by atoms with E-state index in [-0.39, 0.29) is 20.9 Å². The molecule has 3 aromatic rings. The molecule has 1 aromatic heterocycles. The van der Waals surface area contributed by atoms with Crippen molar-refractivity contribution in [2.75, 3.05) is 0 Å². The number of hydrogen-bond donors (Lipinski definition) is 0. The Morgan fingerprint density at radius 3 is 2.47 bits per heavy atom. The summed E-state index contributed by atoms with van der Waals surface area (Å²) in [7, 11) is 0. The van der Waals surface area contributed by atoms with Crippen molar-refractivity contribution in [3.8, 4) is 0 Å². The minimum absolute atomic E-state index is 0.332. The summed E-state index contributed by atoms with van der Waals surface area (Å²) in [5.74, 6) is 0. The summed E-state index contributed by atoms with van der Waals surface area (Å²) in [5.41, 5.74) is 1.17. The van der Waals surface area contributed by atoms with Crippen molar-refractivity contribution in [2.45, 2.75) is 0 Å². The number of fused-ring (bicyclic) bond motifs is 1. The van der Waals surface area contributed by atoms with E-state index in [1.54, 1.807) is 0 Å². The zero-order chi connectivity index (χ0) is 11.5. The Morgan fingerprint density at radius 2 is 1.59 bits per heavy atom. The molecule has 0 aliphatic carbocycles. The summed E-state index contributed by atoms with van der Waals surface area (Å²) in [6, 6.07) is 21.3. The number of rotatable bonds is 2. The summed E-state index contributed by atoms with van der Waals surface area (Å²) in [6.07, 6.45) is 1.88. The molecule has 0 saturated carbocycles. The van der Waals surface area contributed by atoms with Crippen LogP contribution in [0.15, 0.2) is 66.9 Å². The van der Waals surface area contributed by atoms with E-state index in [2.05, 4.69) is 59.6 Å². The molecule has 1 heterocycles. The van der Waals surface area contributed by atoms with E-state index >= 15 is 0 Å². The average molecular weight is 333 g/mol. The molecule has 0 atom stereocenters. The first-order chi connectivity index (χ1) is 8.43. The Balaban J connectivity index is 2.06. The van der Waals surface area contributed by atoms with Gasteiger partial charge in [-0.1, -0.05) is 0 Å². The molecule has 17 heavy (non-hydrogen) atoms. The zero-order valence-corrected chi connectivity index (χ0v) is 11.5. The van der Waals surface area contributed by atoms with Crippen molar-refractivity contribution in [1.82, 2.24) is 4.98 Å². The second-order valence-corrected chi connectivity index (χ2v) is 6.93. The quantitative estimate of drug-likeness (QED) is 0.653. The van der Waals surface area contributed by atoms with E-state index in [9.17, 15) is 0 Å². The summed E-state index contributed by atoms with van der Waals surface area (Å²) >= 11 is -0.332. The number of benzene rings is 2. The zero-order valence-electron chi connectivity index (χ0n) is 9.21. The van der Waals surface area contributed by atoms with Gasteiger partial charge in [-0.15, -0.1) is 0 Å². The van der Waals surface area contributed by atoms with Gasteiger partial charge in [0.25, 0.3) is 0 Å². The molecular weight excluding hydrogens is 322 g/mol. The van der Waals surface area contributed by atoms with E-state index in [1.807, 2.05) is 12.3 Å². The van der Waals surface area contributed by atoms with E-state index in [1.165, 1.54) is 18.1 Å². The van der Waals surface area contributed by atoms with Gasteiger partial charge >= 0.3 is 111 Å². The van der Waals surface area contributed by atoms with Gasteiger partial charge in [-0.05, 0) is 0 Å². The van der Waals surface area contributed by atoms with Gasteiger partial charge in [0.15, 0.2) is 0 Å². The van der Waals surface area contributed by atoms with Crippen LogP contribution in [0.2, 0.25) is 0 Å². The van der Waals surface area contributed by atoms with Crippen molar-refractivity contribution in [2.24, 2.45) is 0 Å². The molecule has 0 bridgehead atoms. The maximum atomic E-state index is 4.51. The number of hydrogen-bond acceptors (Lipinski definition) is 1. The number of nitrogens with zero attached hydrogens (tertiary/aromatic N) is 1. The van der Waals surface area contributed by atoms with Gasteiger partial charge in [0.05, 0.1) is 0 Å². The van der Waals surface area contributed by atoms with Crippen LogP contribution < -0.4 is 7.22 Å². The van der Waals surface area contributed by atoms with Crippen LogP contribution in [0.5, 0.6) is 0 Å². The Hall–Kier alpha value is -1.36. The third-order valence-electron chi connectivity index (χ3n) is 2.57. The number of pyridine rings is 1. The molecule has 0 aliphatic heterocycles. The third kappa shape index (κ3) is 2.34. The van der Waals surface area contributed by atoms with Crippen LogP contribution in [0, 0.1) is 0 Å². The fraction of sp³-hybridized carbons (Fsp3) is 0. The first-order valence-corrected chi connectivity index (χ1v) is 7.83. The minimum atomic E-state index is -0.332. The van der Waals surface area contributed by atoms with Gasteiger partial charge in [0.1, 0.15) is 0 Å². The standard InChI is InChI=1S/C15H11NTe/c1-2-8-13(9-3-1)17-14-10-4-6-12-7-5-11-16-15(12)14/h1-11H. The van der Waals surface area contributed by atoms with Gasteiger partial charge in [-0.3, -0.25) is 0 Å². The predicted octanol–water partition coefficient (Wildman–Crippen LogP) is 1.89. The number of para-hydroxylation sites is 1. The van der Waals surface area contributed by atoms with Gasteiger partial charge in [-0.2, -0.15) is 0 Å². The molecule has 0 unspecified atom stereocenters. The van der Waals surface area contributed by atoms with E-state index < -0.39 is 0 Å². The van der Waals surface area contributed by atoms with Crippen molar-refractivity contribution in [3.63, 3.8) is 0 Å². The molecule has 0 aliphatic rings. The van der Waals surface area contributed by atoms with Crippen LogP contribution >= 0.6 is 0 Å². The predicted molar refractivity (Wildman–Crippen MR) is 73.2 cm³/mol. The SMILES string of the molecule is c1ccc([Te]c2cccc3cccnc23)cc1. The van der Waals surface area contributed by atoms with Crippen LogP contribution in [0.4, 0.5) is 0 Å². The molecule has 0 fully saturated rings. The van der Waals surface area contributed by atoms with Crippen molar-refractivity contribution in [3.05, 3.63) is 66.9 Å². The van der Waals surface area contributed by atoms with Crippen molar-refractivity contribution in [1.29, 1.82) is 0 Å². The molecule has 2 heteroatoms. The molecule has 0 N–H and O–H groups in total. The maximum absolute atomic E-state index is 4.51. The van der Waals surface area contributed by atoms with Gasteiger partial charge < -0.3 is 0 Å². The molecule has 2 aromatic carbocycles. The molecule has 0 amide bonds. The third-order valence-corrected chi connectivity index (χ3v) is 5.58. The summed E-state index contributed by atoms with van der Waals surface area (Å²) in [6.45, 7) is 0. The van der Waals surface area contributed by atoms with Crippen LogP contribution in [-0.4, -0.2) is 25.9 Å². The summed E-state index contributed by atoms with van der Waals surface area (Å²) < 4.78 is 2.87. The monoisotopic (exact) mass is 335 g/mol. The second-order valence-electron chi connectivity index (χ2n) is 3.75. The summed E-state index contributed by atoms with van der Waals surface area (Å²) in [5, 5.41) is 1.24. The molecule has 1 nitrogen and oxygen atoms in total. The Bertz CT molecular complexity index is 629. The Kier molecular flexibility index (Phi) is 3.09. The fourth-order valence-corrected chi connectivity index (χ4v) is 4.52. The summed E-state index contributed by atoms with van der Waals surface area (Å²) in [4.78, 5) is 4.51. The van der Waals surface area contributed by atoms with Gasteiger partial charge in [0, 0.05) is 0 Å². The molecule has 0 radical (unpaired) electrons. The molecule has 0 spiro atoms. The van der Waals surface area contributed by atoms with E-state index in [4.69, 9.17) is 0 Å². The van der Waals surface area contributed by atoms with Crippen molar-refractivity contribution < 1.29 is 0 Å². The van der Waals surface area contributed by atoms with E-state index in [0.717, 1.165) is 0 Å².